The standard InChI is InChI=1S/C18H15N5OS/c24-18(23-16-9-5-4-8-15(16)21-22-23)19-11-17-20-14(12-25-17)10-13-6-2-1-3-7-13/h1-9,12H,10-11H2,(H,19,24). The van der Waals surface area contributed by atoms with Crippen molar-refractivity contribution in [1.29, 1.82) is 0 Å². The third-order valence-electron chi connectivity index (χ3n) is 3.76. The molecule has 4 aromatic rings. The van der Waals surface area contributed by atoms with Crippen LogP contribution < -0.4 is 5.32 Å². The lowest BCUT2D eigenvalue weighted by molar-refractivity contribution is 0.239. The average Bonchev–Trinajstić information content (AvgIpc) is 3.27. The van der Waals surface area contributed by atoms with Crippen LogP contribution in [-0.2, 0) is 13.0 Å². The van der Waals surface area contributed by atoms with Gasteiger partial charge < -0.3 is 5.32 Å². The number of amides is 1. The van der Waals surface area contributed by atoms with Crippen molar-refractivity contribution >= 4 is 28.4 Å². The Morgan fingerprint density at radius 1 is 1.08 bits per heavy atom. The van der Waals surface area contributed by atoms with Crippen LogP contribution in [0.15, 0.2) is 60.0 Å². The first-order valence-electron chi connectivity index (χ1n) is 7.85. The van der Waals surface area contributed by atoms with Gasteiger partial charge in [-0.3, -0.25) is 0 Å². The first kappa shape index (κ1) is 15.5. The molecule has 0 fully saturated rings. The zero-order valence-electron chi connectivity index (χ0n) is 13.3. The van der Waals surface area contributed by atoms with Crippen LogP contribution in [0.1, 0.15) is 16.3 Å². The van der Waals surface area contributed by atoms with E-state index in [1.54, 1.807) is 11.3 Å². The summed E-state index contributed by atoms with van der Waals surface area (Å²) in [5, 5.41) is 13.6. The average molecular weight is 349 g/mol. The van der Waals surface area contributed by atoms with E-state index in [2.05, 4.69) is 32.7 Å². The molecule has 4 rings (SSSR count). The Morgan fingerprint density at radius 2 is 1.88 bits per heavy atom. The van der Waals surface area contributed by atoms with Crippen molar-refractivity contribution in [3.8, 4) is 0 Å². The van der Waals surface area contributed by atoms with Gasteiger partial charge in [-0.25, -0.2) is 9.78 Å². The lowest BCUT2D eigenvalue weighted by atomic mass is 10.1. The highest BCUT2D eigenvalue weighted by Crippen LogP contribution is 2.14. The van der Waals surface area contributed by atoms with Crippen molar-refractivity contribution in [3.63, 3.8) is 0 Å². The van der Waals surface area contributed by atoms with E-state index < -0.39 is 0 Å². The Balaban J connectivity index is 1.41. The lowest BCUT2D eigenvalue weighted by Crippen LogP contribution is -2.28. The minimum Gasteiger partial charge on any atom is -0.330 e. The van der Waals surface area contributed by atoms with Crippen molar-refractivity contribution in [2.75, 3.05) is 0 Å². The first-order chi connectivity index (χ1) is 12.3. The second-order valence-corrected chi connectivity index (χ2v) is 6.49. The van der Waals surface area contributed by atoms with Gasteiger partial charge in [0, 0.05) is 11.8 Å². The number of hydrogen-bond acceptors (Lipinski definition) is 5. The van der Waals surface area contributed by atoms with E-state index in [1.807, 2.05) is 47.8 Å². The van der Waals surface area contributed by atoms with Gasteiger partial charge in [0.2, 0.25) is 0 Å². The topological polar surface area (TPSA) is 72.7 Å². The number of para-hydroxylation sites is 1. The van der Waals surface area contributed by atoms with Crippen molar-refractivity contribution < 1.29 is 4.79 Å². The van der Waals surface area contributed by atoms with E-state index in [0.717, 1.165) is 17.1 Å². The zero-order valence-corrected chi connectivity index (χ0v) is 14.1. The summed E-state index contributed by atoms with van der Waals surface area (Å²) in [6, 6.07) is 17.2. The molecule has 1 amide bonds. The molecule has 0 radical (unpaired) electrons. The van der Waals surface area contributed by atoms with Gasteiger partial charge in [-0.05, 0) is 17.7 Å². The molecule has 0 aliphatic rings. The van der Waals surface area contributed by atoms with Crippen LogP contribution in [0.5, 0.6) is 0 Å². The minimum absolute atomic E-state index is 0.312. The van der Waals surface area contributed by atoms with Crippen molar-refractivity contribution in [1.82, 2.24) is 25.3 Å². The van der Waals surface area contributed by atoms with Gasteiger partial charge in [0.15, 0.2) is 0 Å². The van der Waals surface area contributed by atoms with E-state index in [1.165, 1.54) is 10.2 Å². The highest BCUT2D eigenvalue weighted by Gasteiger charge is 2.12. The van der Waals surface area contributed by atoms with Crippen LogP contribution in [-0.4, -0.2) is 26.0 Å². The van der Waals surface area contributed by atoms with E-state index in [0.29, 0.717) is 17.6 Å². The number of carbonyl (C=O) groups is 1. The highest BCUT2D eigenvalue weighted by atomic mass is 32.1. The maximum absolute atomic E-state index is 12.3. The van der Waals surface area contributed by atoms with Crippen molar-refractivity contribution in [3.05, 3.63) is 76.2 Å². The molecule has 0 bridgehead atoms. The predicted molar refractivity (Wildman–Crippen MR) is 96.5 cm³/mol. The number of fused-ring (bicyclic) bond motifs is 1. The monoisotopic (exact) mass is 349 g/mol. The van der Waals surface area contributed by atoms with Gasteiger partial charge in [-0.1, -0.05) is 47.7 Å². The van der Waals surface area contributed by atoms with Crippen LogP contribution in [0.3, 0.4) is 0 Å². The van der Waals surface area contributed by atoms with E-state index in [9.17, 15) is 4.79 Å². The smallest absolute Gasteiger partial charge is 0.330 e. The summed E-state index contributed by atoms with van der Waals surface area (Å²) >= 11 is 1.54. The summed E-state index contributed by atoms with van der Waals surface area (Å²) in [5.41, 5.74) is 3.60. The number of thiazole rings is 1. The fourth-order valence-corrected chi connectivity index (χ4v) is 3.29. The largest absolute Gasteiger partial charge is 0.344 e. The molecule has 0 atom stereocenters. The van der Waals surface area contributed by atoms with Gasteiger partial charge in [0.1, 0.15) is 10.5 Å². The number of aromatic nitrogens is 4. The molecule has 0 saturated heterocycles. The zero-order chi connectivity index (χ0) is 17.1. The second kappa shape index (κ2) is 6.82. The molecule has 6 nitrogen and oxygen atoms in total. The van der Waals surface area contributed by atoms with Crippen molar-refractivity contribution in [2.24, 2.45) is 0 Å². The number of nitrogens with zero attached hydrogens (tertiary/aromatic N) is 4. The molecule has 7 heteroatoms. The number of hydrogen-bond donors (Lipinski definition) is 1. The van der Waals surface area contributed by atoms with Crippen LogP contribution in [0, 0.1) is 0 Å². The van der Waals surface area contributed by atoms with Gasteiger partial charge in [0.25, 0.3) is 0 Å². The third kappa shape index (κ3) is 3.41. The Hall–Kier alpha value is -3.06. The fourth-order valence-electron chi connectivity index (χ4n) is 2.56. The molecule has 1 N–H and O–H groups in total. The third-order valence-corrected chi connectivity index (χ3v) is 4.66. The normalized spacial score (nSPS) is 10.9. The molecule has 25 heavy (non-hydrogen) atoms. The van der Waals surface area contributed by atoms with Gasteiger partial charge in [0.05, 0.1) is 17.8 Å². The number of carbonyl (C=O) groups excluding carboxylic acids is 1. The quantitative estimate of drug-likeness (QED) is 0.614. The second-order valence-electron chi connectivity index (χ2n) is 5.54. The van der Waals surface area contributed by atoms with Gasteiger partial charge in [-0.15, -0.1) is 16.4 Å². The lowest BCUT2D eigenvalue weighted by Gasteiger charge is -2.03. The Bertz CT molecular complexity index is 1010. The summed E-state index contributed by atoms with van der Waals surface area (Å²) in [4.78, 5) is 16.9. The fraction of sp³-hybridized carbons (Fsp3) is 0.111. The molecule has 124 valence electrons. The summed E-state index contributed by atoms with van der Waals surface area (Å²) in [6.45, 7) is 0.368. The Morgan fingerprint density at radius 3 is 2.76 bits per heavy atom. The van der Waals surface area contributed by atoms with Gasteiger partial charge >= 0.3 is 6.03 Å². The molecule has 0 unspecified atom stereocenters. The maximum atomic E-state index is 12.3. The molecule has 2 heterocycles. The molecule has 2 aromatic carbocycles. The summed E-state index contributed by atoms with van der Waals surface area (Å²) in [5.74, 6) is 0. The summed E-state index contributed by atoms with van der Waals surface area (Å²) < 4.78 is 1.27. The molecule has 0 spiro atoms. The SMILES string of the molecule is O=C(NCc1nc(Cc2ccccc2)cs1)n1nnc2ccccc21. The molecule has 0 aliphatic heterocycles. The molecular formula is C18H15N5OS. The van der Waals surface area contributed by atoms with Crippen LogP contribution in [0.2, 0.25) is 0 Å². The molecule has 0 saturated carbocycles. The van der Waals surface area contributed by atoms with E-state index >= 15 is 0 Å². The molecule has 0 aliphatic carbocycles. The Labute approximate surface area is 148 Å². The summed E-state index contributed by atoms with van der Waals surface area (Å²) in [6.07, 6.45) is 0.791. The van der Waals surface area contributed by atoms with Crippen LogP contribution in [0.4, 0.5) is 4.79 Å². The van der Waals surface area contributed by atoms with E-state index in [-0.39, 0.29) is 6.03 Å². The molecular weight excluding hydrogens is 334 g/mol. The first-order valence-corrected chi connectivity index (χ1v) is 8.73. The minimum atomic E-state index is -0.312. The Kier molecular flexibility index (Phi) is 4.22. The van der Waals surface area contributed by atoms with Crippen LogP contribution >= 0.6 is 11.3 Å². The number of benzene rings is 2. The summed E-state index contributed by atoms with van der Waals surface area (Å²) in [7, 11) is 0. The predicted octanol–water partition coefficient (Wildman–Crippen LogP) is 3.24. The van der Waals surface area contributed by atoms with E-state index in [4.69, 9.17) is 0 Å². The van der Waals surface area contributed by atoms with Crippen LogP contribution in [0.25, 0.3) is 11.0 Å². The highest BCUT2D eigenvalue weighted by molar-refractivity contribution is 7.09. The molecule has 2 aromatic heterocycles. The number of rotatable bonds is 4. The maximum Gasteiger partial charge on any atom is 0.344 e. The number of nitrogens with one attached hydrogen (secondary N) is 1. The van der Waals surface area contributed by atoms with Crippen molar-refractivity contribution in [2.45, 2.75) is 13.0 Å². The van der Waals surface area contributed by atoms with Gasteiger partial charge in [-0.2, -0.15) is 4.68 Å².